The SMILES string of the molecule is CCn1ncc(Cn2cc(NC(=O)Cn3nc(C(F)(F)F)c(Cl)c3C)cn2)c1C. The summed E-state index contributed by atoms with van der Waals surface area (Å²) < 4.78 is 43.1. The average Bonchev–Trinajstić information content (AvgIpc) is 3.30. The molecule has 0 bridgehead atoms. The largest absolute Gasteiger partial charge is 0.436 e. The summed E-state index contributed by atoms with van der Waals surface area (Å²) in [6, 6.07) is 0. The molecule has 29 heavy (non-hydrogen) atoms. The Morgan fingerprint density at radius 3 is 2.48 bits per heavy atom. The van der Waals surface area contributed by atoms with Gasteiger partial charge in [-0.3, -0.25) is 18.8 Å². The van der Waals surface area contributed by atoms with E-state index >= 15 is 0 Å². The molecule has 0 aliphatic carbocycles. The van der Waals surface area contributed by atoms with Gasteiger partial charge in [0.2, 0.25) is 5.91 Å². The van der Waals surface area contributed by atoms with Crippen LogP contribution in [0.2, 0.25) is 5.02 Å². The first kappa shape index (κ1) is 20.9. The van der Waals surface area contributed by atoms with Crippen LogP contribution >= 0.6 is 11.6 Å². The molecular weight excluding hydrogens is 411 g/mol. The van der Waals surface area contributed by atoms with Crippen molar-refractivity contribution in [3.05, 3.63) is 46.3 Å². The Labute approximate surface area is 169 Å². The van der Waals surface area contributed by atoms with E-state index in [9.17, 15) is 18.0 Å². The summed E-state index contributed by atoms with van der Waals surface area (Å²) in [5.74, 6) is -0.546. The van der Waals surface area contributed by atoms with Gasteiger partial charge in [-0.1, -0.05) is 11.6 Å². The number of aryl methyl sites for hydroxylation is 1. The molecule has 0 aliphatic heterocycles. The first-order valence-electron chi connectivity index (χ1n) is 8.73. The normalized spacial score (nSPS) is 11.8. The van der Waals surface area contributed by atoms with Crippen LogP contribution in [0, 0.1) is 13.8 Å². The molecule has 0 radical (unpaired) electrons. The summed E-state index contributed by atoms with van der Waals surface area (Å²) in [5.41, 5.74) is 1.30. The molecule has 1 amide bonds. The average molecular weight is 430 g/mol. The minimum Gasteiger partial charge on any atom is -0.322 e. The lowest BCUT2D eigenvalue weighted by atomic mass is 10.2. The second-order valence-electron chi connectivity index (χ2n) is 6.45. The maximum absolute atomic E-state index is 12.9. The van der Waals surface area contributed by atoms with E-state index in [1.807, 2.05) is 18.5 Å². The van der Waals surface area contributed by atoms with E-state index in [0.717, 1.165) is 22.5 Å². The fraction of sp³-hybridized carbons (Fsp3) is 0.412. The van der Waals surface area contributed by atoms with Crippen LogP contribution in [0.1, 0.15) is 29.6 Å². The number of hydrogen-bond acceptors (Lipinski definition) is 4. The van der Waals surface area contributed by atoms with E-state index in [-0.39, 0.29) is 5.69 Å². The molecule has 3 rings (SSSR count). The summed E-state index contributed by atoms with van der Waals surface area (Å²) in [6.45, 7) is 6.16. The monoisotopic (exact) mass is 429 g/mol. The molecule has 3 aromatic rings. The first-order valence-corrected chi connectivity index (χ1v) is 9.11. The van der Waals surface area contributed by atoms with Crippen molar-refractivity contribution in [3.8, 4) is 0 Å². The van der Waals surface area contributed by atoms with Crippen molar-refractivity contribution in [2.75, 3.05) is 5.32 Å². The number of carbonyl (C=O) groups excluding carboxylic acids is 1. The molecule has 3 heterocycles. The second kappa shape index (κ2) is 7.90. The lowest BCUT2D eigenvalue weighted by molar-refractivity contribution is -0.141. The van der Waals surface area contributed by atoms with Gasteiger partial charge < -0.3 is 5.32 Å². The van der Waals surface area contributed by atoms with E-state index in [4.69, 9.17) is 11.6 Å². The molecule has 3 aromatic heterocycles. The molecule has 0 aromatic carbocycles. The number of halogens is 4. The molecule has 8 nitrogen and oxygen atoms in total. The summed E-state index contributed by atoms with van der Waals surface area (Å²) in [4.78, 5) is 12.2. The van der Waals surface area contributed by atoms with Crippen LogP contribution in [-0.4, -0.2) is 35.2 Å². The fourth-order valence-corrected chi connectivity index (χ4v) is 3.09. The summed E-state index contributed by atoms with van der Waals surface area (Å²) in [5, 5.41) is 14.0. The second-order valence-corrected chi connectivity index (χ2v) is 6.83. The van der Waals surface area contributed by atoms with Crippen LogP contribution in [0.15, 0.2) is 18.6 Å². The number of alkyl halides is 3. The molecule has 0 spiro atoms. The number of nitrogens with one attached hydrogen (secondary N) is 1. The van der Waals surface area contributed by atoms with Gasteiger partial charge in [0, 0.05) is 24.0 Å². The number of anilines is 1. The maximum Gasteiger partial charge on any atom is 0.436 e. The zero-order chi connectivity index (χ0) is 21.3. The number of aromatic nitrogens is 6. The van der Waals surface area contributed by atoms with Crippen molar-refractivity contribution in [1.82, 2.24) is 29.3 Å². The number of hydrogen-bond donors (Lipinski definition) is 1. The van der Waals surface area contributed by atoms with Crippen LogP contribution in [0.3, 0.4) is 0 Å². The van der Waals surface area contributed by atoms with Gasteiger partial charge in [-0.05, 0) is 20.8 Å². The molecular formula is C17H19ClF3N7O. The van der Waals surface area contributed by atoms with Gasteiger partial charge in [0.15, 0.2) is 5.69 Å². The fourth-order valence-electron chi connectivity index (χ4n) is 2.84. The van der Waals surface area contributed by atoms with E-state index in [0.29, 0.717) is 12.2 Å². The molecule has 12 heteroatoms. The minimum absolute atomic E-state index is 0.0632. The Kier molecular flexibility index (Phi) is 5.69. The molecule has 0 saturated heterocycles. The lowest BCUT2D eigenvalue weighted by Crippen LogP contribution is -2.20. The predicted molar refractivity (Wildman–Crippen MR) is 99.6 cm³/mol. The first-order chi connectivity index (χ1) is 13.6. The predicted octanol–water partition coefficient (Wildman–Crippen LogP) is 3.27. The Balaban J connectivity index is 1.66. The summed E-state index contributed by atoms with van der Waals surface area (Å²) in [6.07, 6.45) is 0.169. The molecule has 0 aliphatic rings. The highest BCUT2D eigenvalue weighted by Crippen LogP contribution is 2.35. The number of rotatable bonds is 6. The maximum atomic E-state index is 12.9. The topological polar surface area (TPSA) is 82.6 Å². The van der Waals surface area contributed by atoms with E-state index < -0.39 is 29.3 Å². The summed E-state index contributed by atoms with van der Waals surface area (Å²) in [7, 11) is 0. The van der Waals surface area contributed by atoms with Gasteiger partial charge in [0.25, 0.3) is 0 Å². The molecule has 0 unspecified atom stereocenters. The number of amides is 1. The molecule has 0 atom stereocenters. The third kappa shape index (κ3) is 4.44. The molecule has 0 saturated carbocycles. The van der Waals surface area contributed by atoms with Gasteiger partial charge in [-0.2, -0.15) is 28.5 Å². The third-order valence-electron chi connectivity index (χ3n) is 4.45. The number of carbonyl (C=O) groups is 1. The van der Waals surface area contributed by atoms with Gasteiger partial charge in [0.1, 0.15) is 6.54 Å². The highest BCUT2D eigenvalue weighted by Gasteiger charge is 2.38. The number of nitrogens with zero attached hydrogens (tertiary/aromatic N) is 6. The van der Waals surface area contributed by atoms with Crippen LogP contribution in [0.4, 0.5) is 18.9 Å². The summed E-state index contributed by atoms with van der Waals surface area (Å²) >= 11 is 5.69. The third-order valence-corrected chi connectivity index (χ3v) is 4.90. The highest BCUT2D eigenvalue weighted by molar-refractivity contribution is 6.32. The zero-order valence-corrected chi connectivity index (χ0v) is 16.7. The Hall–Kier alpha value is -2.82. The van der Waals surface area contributed by atoms with Crippen molar-refractivity contribution in [2.45, 2.75) is 46.6 Å². The quantitative estimate of drug-likeness (QED) is 0.652. The van der Waals surface area contributed by atoms with Crippen LogP contribution in [0.25, 0.3) is 0 Å². The smallest absolute Gasteiger partial charge is 0.322 e. The Morgan fingerprint density at radius 1 is 1.17 bits per heavy atom. The van der Waals surface area contributed by atoms with E-state index in [1.54, 1.807) is 17.1 Å². The van der Waals surface area contributed by atoms with E-state index in [1.165, 1.54) is 13.1 Å². The highest BCUT2D eigenvalue weighted by atomic mass is 35.5. The van der Waals surface area contributed by atoms with Crippen molar-refractivity contribution in [1.29, 1.82) is 0 Å². The molecule has 156 valence electrons. The zero-order valence-electron chi connectivity index (χ0n) is 16.0. The van der Waals surface area contributed by atoms with E-state index in [2.05, 4.69) is 20.6 Å². The molecule has 0 fully saturated rings. The van der Waals surface area contributed by atoms with Gasteiger partial charge in [0.05, 0.1) is 35.3 Å². The Bertz CT molecular complexity index is 1030. The standard InChI is InChI=1S/C17H19ClF3N7O/c1-4-27-10(2)12(5-23-27)7-26-8-13(6-22-26)24-14(29)9-28-11(3)15(18)16(25-28)17(19,20)21/h5-6,8H,4,7,9H2,1-3H3,(H,24,29). The van der Waals surface area contributed by atoms with Crippen LogP contribution in [0.5, 0.6) is 0 Å². The van der Waals surface area contributed by atoms with Gasteiger partial charge in [-0.15, -0.1) is 0 Å². The van der Waals surface area contributed by atoms with Crippen molar-refractivity contribution in [3.63, 3.8) is 0 Å². The van der Waals surface area contributed by atoms with Crippen molar-refractivity contribution >= 4 is 23.2 Å². The van der Waals surface area contributed by atoms with Crippen LogP contribution < -0.4 is 5.32 Å². The molecule has 1 N–H and O–H groups in total. The minimum atomic E-state index is -4.69. The van der Waals surface area contributed by atoms with Crippen LogP contribution in [-0.2, 0) is 30.6 Å². The van der Waals surface area contributed by atoms with Crippen molar-refractivity contribution < 1.29 is 18.0 Å². The lowest BCUT2D eigenvalue weighted by Gasteiger charge is -2.05. The van der Waals surface area contributed by atoms with Crippen molar-refractivity contribution in [2.24, 2.45) is 0 Å². The van der Waals surface area contributed by atoms with Gasteiger partial charge >= 0.3 is 6.18 Å². The Morgan fingerprint density at radius 2 is 1.90 bits per heavy atom. The van der Waals surface area contributed by atoms with Gasteiger partial charge in [-0.25, -0.2) is 0 Å².